The first-order valence-electron chi connectivity index (χ1n) is 6.84. The number of aromatic nitrogens is 1. The van der Waals surface area contributed by atoms with Crippen LogP contribution in [0.4, 0.5) is 5.69 Å². The van der Waals surface area contributed by atoms with Gasteiger partial charge in [-0.3, -0.25) is 9.78 Å². The fourth-order valence-corrected chi connectivity index (χ4v) is 2.53. The van der Waals surface area contributed by atoms with Crippen LogP contribution in [0.3, 0.4) is 0 Å². The molecule has 1 aromatic heterocycles. The van der Waals surface area contributed by atoms with Gasteiger partial charge in [-0.15, -0.1) is 0 Å². The second kappa shape index (κ2) is 5.70. The van der Waals surface area contributed by atoms with E-state index in [9.17, 15) is 4.79 Å². The molecule has 1 fully saturated rings. The number of pyridine rings is 1. The zero-order valence-corrected chi connectivity index (χ0v) is 12.1. The van der Waals surface area contributed by atoms with Crippen molar-refractivity contribution in [1.82, 2.24) is 4.98 Å². The maximum absolute atomic E-state index is 12.3. The van der Waals surface area contributed by atoms with Crippen LogP contribution in [0.5, 0.6) is 0 Å². The van der Waals surface area contributed by atoms with Crippen molar-refractivity contribution >= 4 is 11.6 Å². The van der Waals surface area contributed by atoms with Gasteiger partial charge in [0.1, 0.15) is 6.10 Å². The minimum Gasteiger partial charge on any atom is -0.368 e. The van der Waals surface area contributed by atoms with Gasteiger partial charge in [0.15, 0.2) is 0 Å². The van der Waals surface area contributed by atoms with Crippen LogP contribution < -0.4 is 5.32 Å². The molecule has 0 unspecified atom stereocenters. The number of anilines is 1. The molecule has 1 amide bonds. The molecule has 0 radical (unpaired) electrons. The first kappa shape index (κ1) is 14.0. The summed E-state index contributed by atoms with van der Waals surface area (Å²) in [5.74, 6) is 0.728. The van der Waals surface area contributed by atoms with Crippen LogP contribution in [0.2, 0.25) is 0 Å². The molecule has 1 saturated heterocycles. The first-order chi connectivity index (χ1) is 8.99. The summed E-state index contributed by atoms with van der Waals surface area (Å²) in [6.07, 6.45) is 2.41. The molecular formula is C15H22N2O2. The lowest BCUT2D eigenvalue weighted by Crippen LogP contribution is -2.34. The van der Waals surface area contributed by atoms with Crippen molar-refractivity contribution in [2.75, 3.05) is 11.9 Å². The molecule has 0 aromatic carbocycles. The number of nitrogens with one attached hydrogen (secondary N) is 1. The highest BCUT2D eigenvalue weighted by molar-refractivity contribution is 5.95. The number of aryl methyl sites for hydroxylation is 2. The fourth-order valence-electron chi connectivity index (χ4n) is 2.53. The molecule has 19 heavy (non-hydrogen) atoms. The summed E-state index contributed by atoms with van der Waals surface area (Å²) in [7, 11) is 0. The van der Waals surface area contributed by atoms with E-state index in [2.05, 4.69) is 24.1 Å². The Hall–Kier alpha value is -1.42. The highest BCUT2D eigenvalue weighted by Crippen LogP contribution is 2.29. The lowest BCUT2D eigenvalue weighted by atomic mass is 9.89. The predicted octanol–water partition coefficient (Wildman–Crippen LogP) is 2.70. The zero-order valence-electron chi connectivity index (χ0n) is 12.1. The molecular weight excluding hydrogens is 240 g/mol. The third-order valence-electron chi connectivity index (χ3n) is 3.75. The van der Waals surface area contributed by atoms with Crippen molar-refractivity contribution in [3.8, 4) is 0 Å². The van der Waals surface area contributed by atoms with E-state index < -0.39 is 0 Å². The number of carbonyl (C=O) groups excluding carboxylic acids is 1. The Morgan fingerprint density at radius 3 is 2.89 bits per heavy atom. The topological polar surface area (TPSA) is 51.2 Å². The summed E-state index contributed by atoms with van der Waals surface area (Å²) < 4.78 is 5.60. The molecule has 2 rings (SSSR count). The lowest BCUT2D eigenvalue weighted by molar-refractivity contribution is -0.127. The minimum atomic E-state index is -0.326. The van der Waals surface area contributed by atoms with Crippen LogP contribution in [-0.4, -0.2) is 23.6 Å². The number of hydrogen-bond donors (Lipinski definition) is 1. The van der Waals surface area contributed by atoms with E-state index in [4.69, 9.17) is 4.74 Å². The normalized spacial score (nSPS) is 22.8. The lowest BCUT2D eigenvalue weighted by Gasteiger charge is -2.21. The molecule has 1 aromatic rings. The predicted molar refractivity (Wildman–Crippen MR) is 75.0 cm³/mol. The van der Waals surface area contributed by atoms with Gasteiger partial charge in [0.2, 0.25) is 0 Å². The molecule has 4 heteroatoms. The standard InChI is InChI=1S/C15H22N2O2/c1-9(2)12-5-6-19-14(12)15(18)17-13-7-11(4)16-8-10(13)3/h7-9,12,14H,5-6H2,1-4H3,(H,16,17,18)/t12-,14-/m1/s1. The summed E-state index contributed by atoms with van der Waals surface area (Å²) in [4.78, 5) is 16.5. The summed E-state index contributed by atoms with van der Waals surface area (Å²) in [5, 5.41) is 2.97. The first-order valence-corrected chi connectivity index (χ1v) is 6.84. The van der Waals surface area contributed by atoms with Crippen LogP contribution in [0, 0.1) is 25.7 Å². The van der Waals surface area contributed by atoms with Gasteiger partial charge in [-0.2, -0.15) is 0 Å². The Labute approximate surface area is 114 Å². The van der Waals surface area contributed by atoms with Crippen molar-refractivity contribution in [1.29, 1.82) is 0 Å². The molecule has 104 valence electrons. The Bertz CT molecular complexity index is 471. The molecule has 1 aliphatic rings. The monoisotopic (exact) mass is 262 g/mol. The smallest absolute Gasteiger partial charge is 0.253 e. The van der Waals surface area contributed by atoms with Gasteiger partial charge in [0, 0.05) is 24.2 Å². The van der Waals surface area contributed by atoms with Gasteiger partial charge in [0.25, 0.3) is 5.91 Å². The number of ether oxygens (including phenoxy) is 1. The van der Waals surface area contributed by atoms with E-state index in [0.29, 0.717) is 18.4 Å². The molecule has 2 atom stereocenters. The van der Waals surface area contributed by atoms with Crippen LogP contribution in [0.25, 0.3) is 0 Å². The number of hydrogen-bond acceptors (Lipinski definition) is 3. The van der Waals surface area contributed by atoms with Crippen molar-refractivity contribution < 1.29 is 9.53 Å². The van der Waals surface area contributed by atoms with E-state index >= 15 is 0 Å². The molecule has 0 saturated carbocycles. The Kier molecular flexibility index (Phi) is 4.20. The average molecular weight is 262 g/mol. The summed E-state index contributed by atoms with van der Waals surface area (Å²) in [6.45, 7) is 8.81. The third-order valence-corrected chi connectivity index (χ3v) is 3.75. The molecule has 1 aliphatic heterocycles. The van der Waals surface area contributed by atoms with E-state index in [1.807, 2.05) is 19.9 Å². The highest BCUT2D eigenvalue weighted by Gasteiger charge is 2.36. The number of amides is 1. The average Bonchev–Trinajstić information content (AvgIpc) is 2.83. The molecule has 2 heterocycles. The number of rotatable bonds is 3. The minimum absolute atomic E-state index is 0.0371. The summed E-state index contributed by atoms with van der Waals surface area (Å²) in [6, 6.07) is 1.90. The van der Waals surface area contributed by atoms with Crippen molar-refractivity contribution in [3.63, 3.8) is 0 Å². The summed E-state index contributed by atoms with van der Waals surface area (Å²) >= 11 is 0. The Balaban J connectivity index is 2.10. The second-order valence-electron chi connectivity index (χ2n) is 5.62. The van der Waals surface area contributed by atoms with Gasteiger partial charge < -0.3 is 10.1 Å². The quantitative estimate of drug-likeness (QED) is 0.911. The van der Waals surface area contributed by atoms with Crippen molar-refractivity contribution in [3.05, 3.63) is 23.5 Å². The van der Waals surface area contributed by atoms with E-state index in [1.165, 1.54) is 0 Å². The molecule has 1 N–H and O–H groups in total. The molecule has 0 aliphatic carbocycles. The van der Waals surface area contributed by atoms with Gasteiger partial charge in [-0.1, -0.05) is 13.8 Å². The summed E-state index contributed by atoms with van der Waals surface area (Å²) in [5.41, 5.74) is 2.70. The van der Waals surface area contributed by atoms with Crippen LogP contribution in [0.1, 0.15) is 31.5 Å². The maximum atomic E-state index is 12.3. The Morgan fingerprint density at radius 1 is 1.47 bits per heavy atom. The molecule has 0 spiro atoms. The van der Waals surface area contributed by atoms with Gasteiger partial charge in [-0.25, -0.2) is 0 Å². The van der Waals surface area contributed by atoms with E-state index in [-0.39, 0.29) is 12.0 Å². The molecule has 4 nitrogen and oxygen atoms in total. The van der Waals surface area contributed by atoms with Crippen molar-refractivity contribution in [2.24, 2.45) is 11.8 Å². The Morgan fingerprint density at radius 2 is 2.21 bits per heavy atom. The van der Waals surface area contributed by atoms with E-state index in [1.54, 1.807) is 6.20 Å². The maximum Gasteiger partial charge on any atom is 0.253 e. The third kappa shape index (κ3) is 3.13. The van der Waals surface area contributed by atoms with Crippen LogP contribution >= 0.6 is 0 Å². The van der Waals surface area contributed by atoms with Crippen LogP contribution in [0.15, 0.2) is 12.3 Å². The number of carbonyl (C=O) groups is 1. The second-order valence-corrected chi connectivity index (χ2v) is 5.62. The van der Waals surface area contributed by atoms with Gasteiger partial charge in [-0.05, 0) is 43.7 Å². The van der Waals surface area contributed by atoms with E-state index in [0.717, 1.165) is 23.4 Å². The highest BCUT2D eigenvalue weighted by atomic mass is 16.5. The zero-order chi connectivity index (χ0) is 14.0. The van der Waals surface area contributed by atoms with Gasteiger partial charge in [0.05, 0.1) is 0 Å². The van der Waals surface area contributed by atoms with Crippen molar-refractivity contribution in [2.45, 2.75) is 40.2 Å². The number of nitrogens with zero attached hydrogens (tertiary/aromatic N) is 1. The molecule has 0 bridgehead atoms. The van der Waals surface area contributed by atoms with Crippen LogP contribution in [-0.2, 0) is 9.53 Å². The van der Waals surface area contributed by atoms with Gasteiger partial charge >= 0.3 is 0 Å². The SMILES string of the molecule is Cc1cc(NC(=O)[C@@H]2OCC[C@@H]2C(C)C)c(C)cn1. The fraction of sp³-hybridized carbons (Fsp3) is 0.600. The largest absolute Gasteiger partial charge is 0.368 e.